The highest BCUT2D eigenvalue weighted by Crippen LogP contribution is 2.07. The van der Waals surface area contributed by atoms with Crippen LogP contribution < -0.4 is 16.4 Å². The van der Waals surface area contributed by atoms with Gasteiger partial charge in [0.25, 0.3) is 5.91 Å². The monoisotopic (exact) mass is 221 g/mol. The lowest BCUT2D eigenvalue weighted by atomic mass is 10.2. The molecule has 0 aromatic carbocycles. The van der Waals surface area contributed by atoms with Gasteiger partial charge in [-0.15, -0.1) is 0 Å². The standard InChI is InChI=1S/C9H11N5O2/c10-7(15)5-1-4-12-9(13-5)14-6-2-3-11-8(6)16/h1,4,6H,2-3H2,(H2,10,15)(H,11,16)(H,12,13,14)/t6-/m0/s1. The zero-order chi connectivity index (χ0) is 11.5. The third kappa shape index (κ3) is 2.08. The van der Waals surface area contributed by atoms with Crippen LogP contribution in [0.2, 0.25) is 0 Å². The summed E-state index contributed by atoms with van der Waals surface area (Å²) >= 11 is 0. The molecule has 4 N–H and O–H groups in total. The summed E-state index contributed by atoms with van der Waals surface area (Å²) in [6.45, 7) is 0.631. The molecular weight excluding hydrogens is 210 g/mol. The second kappa shape index (κ2) is 4.13. The van der Waals surface area contributed by atoms with Crippen LogP contribution in [-0.2, 0) is 4.79 Å². The molecule has 0 radical (unpaired) electrons. The van der Waals surface area contributed by atoms with Crippen LogP contribution in [0.3, 0.4) is 0 Å². The summed E-state index contributed by atoms with van der Waals surface area (Å²) < 4.78 is 0. The number of hydrogen-bond donors (Lipinski definition) is 3. The first kappa shape index (κ1) is 10.3. The van der Waals surface area contributed by atoms with Crippen molar-refractivity contribution >= 4 is 17.8 Å². The number of aromatic nitrogens is 2. The molecule has 1 aliphatic rings. The minimum Gasteiger partial charge on any atom is -0.364 e. The van der Waals surface area contributed by atoms with Gasteiger partial charge < -0.3 is 16.4 Å². The summed E-state index contributed by atoms with van der Waals surface area (Å²) in [5, 5.41) is 5.52. The third-order valence-corrected chi connectivity index (χ3v) is 2.26. The summed E-state index contributed by atoms with van der Waals surface area (Å²) in [6.07, 6.45) is 2.09. The number of primary amides is 1. The van der Waals surface area contributed by atoms with Gasteiger partial charge in [-0.3, -0.25) is 9.59 Å². The summed E-state index contributed by atoms with van der Waals surface area (Å²) in [5.41, 5.74) is 5.20. The minimum absolute atomic E-state index is 0.0897. The topological polar surface area (TPSA) is 110 Å². The van der Waals surface area contributed by atoms with Crippen LogP contribution in [0.15, 0.2) is 12.3 Å². The maximum atomic E-state index is 11.3. The molecule has 7 heteroatoms. The predicted molar refractivity (Wildman–Crippen MR) is 55.6 cm³/mol. The highest BCUT2D eigenvalue weighted by molar-refractivity contribution is 5.91. The van der Waals surface area contributed by atoms with Crippen LogP contribution in [0.5, 0.6) is 0 Å². The van der Waals surface area contributed by atoms with Crippen LogP contribution >= 0.6 is 0 Å². The quantitative estimate of drug-likeness (QED) is 0.598. The second-order valence-electron chi connectivity index (χ2n) is 3.41. The fourth-order valence-corrected chi connectivity index (χ4v) is 1.45. The van der Waals surface area contributed by atoms with Crippen LogP contribution in [-0.4, -0.2) is 34.4 Å². The predicted octanol–water partition coefficient (Wildman–Crippen LogP) is -1.12. The highest BCUT2D eigenvalue weighted by atomic mass is 16.2. The van der Waals surface area contributed by atoms with E-state index in [1.54, 1.807) is 0 Å². The molecule has 2 rings (SSSR count). The van der Waals surface area contributed by atoms with E-state index >= 15 is 0 Å². The van der Waals surface area contributed by atoms with Crippen LogP contribution in [0.4, 0.5) is 5.95 Å². The second-order valence-corrected chi connectivity index (χ2v) is 3.41. The summed E-state index contributed by atoms with van der Waals surface area (Å²) in [7, 11) is 0. The molecule has 7 nitrogen and oxygen atoms in total. The van der Waals surface area contributed by atoms with E-state index in [9.17, 15) is 9.59 Å². The van der Waals surface area contributed by atoms with E-state index in [0.29, 0.717) is 13.0 Å². The normalized spacial score (nSPS) is 19.2. The summed E-state index contributed by atoms with van der Waals surface area (Å²) in [4.78, 5) is 30.0. The number of nitrogens with two attached hydrogens (primary N) is 1. The number of nitrogens with zero attached hydrogens (tertiary/aromatic N) is 2. The first-order valence-electron chi connectivity index (χ1n) is 4.84. The number of hydrogen-bond acceptors (Lipinski definition) is 5. The van der Waals surface area contributed by atoms with Gasteiger partial charge in [0, 0.05) is 12.7 Å². The Morgan fingerprint density at radius 3 is 3.06 bits per heavy atom. The lowest BCUT2D eigenvalue weighted by Crippen LogP contribution is -2.30. The Morgan fingerprint density at radius 2 is 2.44 bits per heavy atom. The van der Waals surface area contributed by atoms with E-state index in [1.165, 1.54) is 12.3 Å². The van der Waals surface area contributed by atoms with Gasteiger partial charge in [-0.25, -0.2) is 9.97 Å². The van der Waals surface area contributed by atoms with Crippen molar-refractivity contribution in [3.63, 3.8) is 0 Å². The molecule has 1 fully saturated rings. The Kier molecular flexibility index (Phi) is 2.67. The van der Waals surface area contributed by atoms with Crippen LogP contribution in [0.25, 0.3) is 0 Å². The van der Waals surface area contributed by atoms with Crippen molar-refractivity contribution in [2.24, 2.45) is 5.73 Å². The van der Waals surface area contributed by atoms with Crippen molar-refractivity contribution in [2.45, 2.75) is 12.5 Å². The van der Waals surface area contributed by atoms with E-state index < -0.39 is 5.91 Å². The number of rotatable bonds is 3. The average molecular weight is 221 g/mol. The molecule has 1 saturated heterocycles. The van der Waals surface area contributed by atoms with Gasteiger partial charge in [0.1, 0.15) is 11.7 Å². The van der Waals surface area contributed by atoms with Crippen molar-refractivity contribution in [1.29, 1.82) is 0 Å². The Bertz CT molecular complexity index is 434. The Hall–Kier alpha value is -2.18. The molecule has 0 spiro atoms. The molecular formula is C9H11N5O2. The smallest absolute Gasteiger partial charge is 0.267 e. The molecule has 1 atom stereocenters. The minimum atomic E-state index is -0.624. The zero-order valence-electron chi connectivity index (χ0n) is 8.43. The van der Waals surface area contributed by atoms with Crippen molar-refractivity contribution in [3.05, 3.63) is 18.0 Å². The molecule has 0 bridgehead atoms. The zero-order valence-corrected chi connectivity index (χ0v) is 8.43. The first-order valence-corrected chi connectivity index (χ1v) is 4.84. The maximum absolute atomic E-state index is 11.3. The van der Waals surface area contributed by atoms with E-state index in [4.69, 9.17) is 5.73 Å². The van der Waals surface area contributed by atoms with Crippen molar-refractivity contribution in [2.75, 3.05) is 11.9 Å². The third-order valence-electron chi connectivity index (χ3n) is 2.26. The van der Waals surface area contributed by atoms with Crippen molar-refractivity contribution < 1.29 is 9.59 Å². The van der Waals surface area contributed by atoms with Gasteiger partial charge in [-0.1, -0.05) is 0 Å². The van der Waals surface area contributed by atoms with Gasteiger partial charge in [0.2, 0.25) is 11.9 Å². The number of amides is 2. The molecule has 1 aliphatic heterocycles. The molecule has 16 heavy (non-hydrogen) atoms. The lowest BCUT2D eigenvalue weighted by molar-refractivity contribution is -0.119. The van der Waals surface area contributed by atoms with E-state index in [2.05, 4.69) is 20.6 Å². The molecule has 1 aromatic rings. The first-order chi connectivity index (χ1) is 7.66. The molecule has 2 heterocycles. The fourth-order valence-electron chi connectivity index (χ4n) is 1.45. The SMILES string of the molecule is NC(=O)c1ccnc(N[C@H]2CCNC2=O)n1. The molecule has 1 aromatic heterocycles. The van der Waals surface area contributed by atoms with E-state index in [0.717, 1.165) is 0 Å². The number of anilines is 1. The molecule has 0 aliphatic carbocycles. The molecule has 0 saturated carbocycles. The van der Waals surface area contributed by atoms with Gasteiger partial charge in [-0.2, -0.15) is 0 Å². The highest BCUT2D eigenvalue weighted by Gasteiger charge is 2.24. The Morgan fingerprint density at radius 1 is 1.62 bits per heavy atom. The molecule has 2 amide bonds. The van der Waals surface area contributed by atoms with Crippen LogP contribution in [0, 0.1) is 0 Å². The molecule has 84 valence electrons. The van der Waals surface area contributed by atoms with Gasteiger partial charge in [-0.05, 0) is 12.5 Å². The summed E-state index contributed by atoms with van der Waals surface area (Å²) in [6, 6.07) is 1.07. The number of carbonyl (C=O) groups excluding carboxylic acids is 2. The number of nitrogens with one attached hydrogen (secondary N) is 2. The van der Waals surface area contributed by atoms with Crippen LogP contribution in [0.1, 0.15) is 16.9 Å². The van der Waals surface area contributed by atoms with Gasteiger partial charge in [0.05, 0.1) is 0 Å². The Labute approximate surface area is 91.5 Å². The van der Waals surface area contributed by atoms with Gasteiger partial charge >= 0.3 is 0 Å². The summed E-state index contributed by atoms with van der Waals surface area (Å²) in [5.74, 6) is -0.479. The Balaban J connectivity index is 2.12. The maximum Gasteiger partial charge on any atom is 0.267 e. The van der Waals surface area contributed by atoms with Crippen molar-refractivity contribution in [3.8, 4) is 0 Å². The van der Waals surface area contributed by atoms with E-state index in [-0.39, 0.29) is 23.6 Å². The number of carbonyl (C=O) groups is 2. The lowest BCUT2D eigenvalue weighted by Gasteiger charge is -2.09. The van der Waals surface area contributed by atoms with Crippen molar-refractivity contribution in [1.82, 2.24) is 15.3 Å². The average Bonchev–Trinajstić information content (AvgIpc) is 2.65. The largest absolute Gasteiger partial charge is 0.364 e. The van der Waals surface area contributed by atoms with E-state index in [1.807, 2.05) is 0 Å². The fraction of sp³-hybridized carbons (Fsp3) is 0.333. The molecule has 0 unspecified atom stereocenters. The van der Waals surface area contributed by atoms with Gasteiger partial charge in [0.15, 0.2) is 0 Å².